The number of aromatic nitrogens is 3. The summed E-state index contributed by atoms with van der Waals surface area (Å²) in [5, 5.41) is 19.7. The summed E-state index contributed by atoms with van der Waals surface area (Å²) in [7, 11) is 0. The molecule has 146 valence electrons. The number of nitrogens with zero attached hydrogens (tertiary/aromatic N) is 2. The van der Waals surface area contributed by atoms with Gasteiger partial charge in [-0.25, -0.2) is 4.79 Å². The van der Waals surface area contributed by atoms with Crippen LogP contribution in [0.15, 0.2) is 23.2 Å². The molecule has 11 heteroatoms. The van der Waals surface area contributed by atoms with Crippen LogP contribution in [-0.4, -0.2) is 38.1 Å². The first kappa shape index (κ1) is 19.8. The predicted octanol–water partition coefficient (Wildman–Crippen LogP) is 4.87. The van der Waals surface area contributed by atoms with E-state index in [1.165, 1.54) is 30.0 Å². The number of rotatable bonds is 5. The van der Waals surface area contributed by atoms with Gasteiger partial charge in [0.1, 0.15) is 5.75 Å². The molecule has 1 aromatic heterocycles. The summed E-state index contributed by atoms with van der Waals surface area (Å²) in [5.74, 6) is -1.39. The minimum absolute atomic E-state index is 0.0161. The Morgan fingerprint density at radius 3 is 2.63 bits per heavy atom. The van der Waals surface area contributed by atoms with Crippen LogP contribution in [0.25, 0.3) is 0 Å². The van der Waals surface area contributed by atoms with Crippen molar-refractivity contribution in [3.05, 3.63) is 34.5 Å². The Morgan fingerprint density at radius 1 is 1.30 bits per heavy atom. The van der Waals surface area contributed by atoms with E-state index in [2.05, 4.69) is 20.1 Å². The number of carbonyl (C=O) groups is 1. The van der Waals surface area contributed by atoms with E-state index in [-0.39, 0.29) is 22.6 Å². The number of halogens is 4. The lowest BCUT2D eigenvalue weighted by Gasteiger charge is -2.28. The molecule has 2 N–H and O–H groups in total. The number of alkyl halides is 3. The van der Waals surface area contributed by atoms with Crippen molar-refractivity contribution >= 4 is 29.3 Å². The van der Waals surface area contributed by atoms with E-state index in [0.717, 1.165) is 12.8 Å². The molecule has 1 aromatic carbocycles. The van der Waals surface area contributed by atoms with Gasteiger partial charge in [0.05, 0.1) is 0 Å². The third kappa shape index (κ3) is 5.07. The lowest BCUT2D eigenvalue weighted by atomic mass is 9.84. The Bertz CT molecular complexity index is 823. The summed E-state index contributed by atoms with van der Waals surface area (Å²) in [5.41, 5.74) is 0.594. The molecule has 1 aliphatic rings. The van der Waals surface area contributed by atoms with Crippen molar-refractivity contribution in [2.45, 2.75) is 48.2 Å². The Hall–Kier alpha value is -1.94. The molecule has 27 heavy (non-hydrogen) atoms. The zero-order chi connectivity index (χ0) is 19.6. The van der Waals surface area contributed by atoms with Crippen LogP contribution < -0.4 is 4.74 Å². The highest BCUT2D eigenvalue weighted by Crippen LogP contribution is 2.43. The normalized spacial score (nSPS) is 20.4. The third-order valence-electron chi connectivity index (χ3n) is 4.32. The maximum absolute atomic E-state index is 12.4. The van der Waals surface area contributed by atoms with E-state index in [1.807, 2.05) is 0 Å². The second-order valence-electron chi connectivity index (χ2n) is 6.12. The third-order valence-corrected chi connectivity index (χ3v) is 5.98. The van der Waals surface area contributed by atoms with Gasteiger partial charge in [-0.3, -0.25) is 5.10 Å². The number of aromatic amines is 1. The highest BCUT2D eigenvalue weighted by atomic mass is 35.5. The second-order valence-corrected chi connectivity index (χ2v) is 7.82. The van der Waals surface area contributed by atoms with Crippen molar-refractivity contribution < 1.29 is 27.8 Å². The summed E-state index contributed by atoms with van der Waals surface area (Å²) in [6.07, 6.45) is -1.82. The van der Waals surface area contributed by atoms with Crippen LogP contribution in [0.2, 0.25) is 5.02 Å². The predicted molar refractivity (Wildman–Crippen MR) is 92.3 cm³/mol. The highest BCUT2D eigenvalue weighted by Gasteiger charge is 2.32. The number of aromatic carboxylic acids is 1. The fourth-order valence-electron chi connectivity index (χ4n) is 3.12. The summed E-state index contributed by atoms with van der Waals surface area (Å²) in [6.45, 7) is 0. The van der Waals surface area contributed by atoms with E-state index < -0.39 is 12.3 Å². The summed E-state index contributed by atoms with van der Waals surface area (Å²) >= 11 is 7.52. The summed E-state index contributed by atoms with van der Waals surface area (Å²) < 4.78 is 41.2. The largest absolute Gasteiger partial charge is 0.573 e. The molecule has 0 atom stereocenters. The van der Waals surface area contributed by atoms with Gasteiger partial charge in [0.2, 0.25) is 0 Å². The average Bonchev–Trinajstić information content (AvgIpc) is 3.05. The van der Waals surface area contributed by atoms with Gasteiger partial charge in [-0.2, -0.15) is 0 Å². The molecule has 0 saturated heterocycles. The molecule has 0 radical (unpaired) electrons. The molecule has 0 spiro atoms. The van der Waals surface area contributed by atoms with Gasteiger partial charge in [-0.15, -0.1) is 18.3 Å². The molecule has 0 aliphatic heterocycles. The van der Waals surface area contributed by atoms with E-state index in [0.29, 0.717) is 28.5 Å². The molecule has 0 unspecified atom stereocenters. The quantitative estimate of drug-likeness (QED) is 0.715. The molecular formula is C16H15ClF3N3O3S. The number of nitrogens with one attached hydrogen (secondary N) is 1. The average molecular weight is 422 g/mol. The number of carboxylic acids is 1. The Morgan fingerprint density at radius 2 is 2.00 bits per heavy atom. The van der Waals surface area contributed by atoms with Crippen LogP contribution in [0, 0.1) is 0 Å². The van der Waals surface area contributed by atoms with E-state index in [4.69, 9.17) is 16.7 Å². The highest BCUT2D eigenvalue weighted by molar-refractivity contribution is 7.99. The number of thioether (sulfide) groups is 1. The number of H-pyrrole nitrogens is 1. The molecule has 1 saturated carbocycles. The number of hydrogen-bond acceptors (Lipinski definition) is 5. The molecule has 1 fully saturated rings. The fraction of sp³-hybridized carbons (Fsp3) is 0.438. The van der Waals surface area contributed by atoms with Crippen molar-refractivity contribution in [2.75, 3.05) is 0 Å². The van der Waals surface area contributed by atoms with E-state index >= 15 is 0 Å². The minimum atomic E-state index is -4.75. The van der Waals surface area contributed by atoms with Crippen LogP contribution in [0.5, 0.6) is 5.75 Å². The van der Waals surface area contributed by atoms with Crippen molar-refractivity contribution in [2.24, 2.45) is 0 Å². The van der Waals surface area contributed by atoms with Crippen molar-refractivity contribution in [3.8, 4) is 5.75 Å². The molecule has 1 aliphatic carbocycles. The number of carboxylic acid groups (broad SMARTS) is 1. The van der Waals surface area contributed by atoms with Gasteiger partial charge < -0.3 is 9.84 Å². The van der Waals surface area contributed by atoms with Crippen LogP contribution in [0.3, 0.4) is 0 Å². The molecule has 1 heterocycles. The van der Waals surface area contributed by atoms with Crippen LogP contribution in [0.1, 0.15) is 47.7 Å². The van der Waals surface area contributed by atoms with Gasteiger partial charge in [-0.05, 0) is 55.4 Å². The zero-order valence-corrected chi connectivity index (χ0v) is 15.4. The first-order valence-electron chi connectivity index (χ1n) is 8.09. The lowest BCUT2D eigenvalue weighted by molar-refractivity contribution is -0.274. The smallest absolute Gasteiger partial charge is 0.476 e. The Labute approximate surface area is 161 Å². The van der Waals surface area contributed by atoms with Crippen LogP contribution in [-0.2, 0) is 0 Å². The Balaban J connectivity index is 1.64. The van der Waals surface area contributed by atoms with Gasteiger partial charge >= 0.3 is 12.3 Å². The van der Waals surface area contributed by atoms with Gasteiger partial charge in [-0.1, -0.05) is 28.6 Å². The van der Waals surface area contributed by atoms with Crippen molar-refractivity contribution in [1.29, 1.82) is 0 Å². The van der Waals surface area contributed by atoms with E-state index in [1.54, 1.807) is 0 Å². The monoisotopic (exact) mass is 421 g/mol. The molecule has 6 nitrogen and oxygen atoms in total. The topological polar surface area (TPSA) is 88.1 Å². The molecule has 0 bridgehead atoms. The fourth-order valence-corrected chi connectivity index (χ4v) is 4.56. The molecule has 2 aromatic rings. The van der Waals surface area contributed by atoms with Gasteiger partial charge in [0.15, 0.2) is 10.7 Å². The molecule has 3 rings (SSSR count). The number of benzene rings is 1. The maximum atomic E-state index is 12.4. The van der Waals surface area contributed by atoms with Crippen molar-refractivity contribution in [3.63, 3.8) is 0 Å². The Kier molecular flexibility index (Phi) is 5.85. The van der Waals surface area contributed by atoms with Gasteiger partial charge in [0, 0.05) is 10.3 Å². The molecule has 0 amide bonds. The van der Waals surface area contributed by atoms with Crippen molar-refractivity contribution in [1.82, 2.24) is 15.4 Å². The van der Waals surface area contributed by atoms with Crippen LogP contribution >= 0.6 is 23.4 Å². The summed E-state index contributed by atoms with van der Waals surface area (Å²) in [6, 6.07) is 3.94. The maximum Gasteiger partial charge on any atom is 0.573 e. The first-order chi connectivity index (χ1) is 12.7. The minimum Gasteiger partial charge on any atom is -0.476 e. The second kappa shape index (κ2) is 7.97. The molecular weight excluding hydrogens is 407 g/mol. The van der Waals surface area contributed by atoms with Gasteiger partial charge in [0.25, 0.3) is 0 Å². The van der Waals surface area contributed by atoms with E-state index in [9.17, 15) is 18.0 Å². The standard InChI is InChI=1S/C16H15ClF3N3O3S/c17-12-6-3-9(26-16(18,19)20)7-11(12)8-1-4-10(5-2-8)27-14-13(15(24)25)21-23-22-14/h3,6-8,10H,1-2,4-5H2,(H,24,25)(H,21,22,23)/t8-,10-. The summed E-state index contributed by atoms with van der Waals surface area (Å²) in [4.78, 5) is 11.1. The number of ether oxygens (including phenoxy) is 1. The first-order valence-corrected chi connectivity index (χ1v) is 9.35. The number of hydrogen-bond donors (Lipinski definition) is 2. The zero-order valence-electron chi connectivity index (χ0n) is 13.8. The van der Waals surface area contributed by atoms with Crippen LogP contribution in [0.4, 0.5) is 13.2 Å². The SMILES string of the molecule is O=C(O)c1[nH]nnc1S[C@H]1CC[C@H](c2cc(OC(F)(F)F)ccc2Cl)CC1. The lowest BCUT2D eigenvalue weighted by Crippen LogP contribution is -2.18.